The van der Waals surface area contributed by atoms with E-state index < -0.39 is 0 Å². The summed E-state index contributed by atoms with van der Waals surface area (Å²) in [5.41, 5.74) is 0.579. The van der Waals surface area contributed by atoms with E-state index in [0.717, 1.165) is 6.54 Å². The van der Waals surface area contributed by atoms with Gasteiger partial charge in [-0.1, -0.05) is 34.4 Å². The fourth-order valence-electron chi connectivity index (χ4n) is 2.18. The fourth-order valence-corrected chi connectivity index (χ4v) is 2.75. The number of halogens is 2. The monoisotopic (exact) mass is 313 g/mol. The Morgan fingerprint density at radius 2 is 2.05 bits per heavy atom. The highest BCUT2D eigenvalue weighted by Crippen LogP contribution is 2.33. The number of morpholine rings is 1. The number of rotatable bonds is 2. The van der Waals surface area contributed by atoms with Gasteiger partial charge in [0.1, 0.15) is 6.04 Å². The average Bonchev–Trinajstić information content (AvgIpc) is 2.88. The Labute approximate surface area is 126 Å². The SMILES string of the molecule is C[C@H]1OCCN[C@@H]1c1nc(-c2c(Cl)cccc2Cl)no1. The van der Waals surface area contributed by atoms with Crippen LogP contribution in [0, 0.1) is 0 Å². The van der Waals surface area contributed by atoms with E-state index in [0.29, 0.717) is 33.9 Å². The van der Waals surface area contributed by atoms with Crippen LogP contribution in [0.4, 0.5) is 0 Å². The van der Waals surface area contributed by atoms with Crippen molar-refractivity contribution < 1.29 is 9.26 Å². The third-order valence-corrected chi connectivity index (χ3v) is 3.84. The lowest BCUT2D eigenvalue weighted by Gasteiger charge is -2.27. The van der Waals surface area contributed by atoms with Gasteiger partial charge in [0.2, 0.25) is 11.7 Å². The van der Waals surface area contributed by atoms with Crippen molar-refractivity contribution in [2.24, 2.45) is 0 Å². The molecule has 0 aliphatic carbocycles. The normalized spacial score (nSPS) is 22.9. The van der Waals surface area contributed by atoms with Crippen LogP contribution < -0.4 is 5.32 Å². The molecule has 0 bridgehead atoms. The van der Waals surface area contributed by atoms with Gasteiger partial charge in [0.05, 0.1) is 28.3 Å². The molecule has 1 saturated heterocycles. The first-order chi connectivity index (χ1) is 9.66. The molecule has 0 saturated carbocycles. The van der Waals surface area contributed by atoms with E-state index in [1.807, 2.05) is 6.92 Å². The van der Waals surface area contributed by atoms with Gasteiger partial charge in [-0.3, -0.25) is 0 Å². The molecule has 1 N–H and O–H groups in total. The van der Waals surface area contributed by atoms with Gasteiger partial charge in [-0.2, -0.15) is 4.98 Å². The molecule has 0 radical (unpaired) electrons. The van der Waals surface area contributed by atoms with Crippen LogP contribution in [0.25, 0.3) is 11.4 Å². The molecule has 0 amide bonds. The van der Waals surface area contributed by atoms with Gasteiger partial charge >= 0.3 is 0 Å². The average molecular weight is 314 g/mol. The number of aromatic nitrogens is 2. The van der Waals surface area contributed by atoms with Crippen LogP contribution in [-0.2, 0) is 4.74 Å². The van der Waals surface area contributed by atoms with Crippen molar-refractivity contribution in [3.63, 3.8) is 0 Å². The molecule has 1 aromatic carbocycles. The van der Waals surface area contributed by atoms with Crippen molar-refractivity contribution in [3.05, 3.63) is 34.1 Å². The van der Waals surface area contributed by atoms with Gasteiger partial charge in [-0.05, 0) is 19.1 Å². The van der Waals surface area contributed by atoms with Gasteiger partial charge in [0.25, 0.3) is 0 Å². The summed E-state index contributed by atoms with van der Waals surface area (Å²) in [6, 6.07) is 5.13. The standard InChI is InChI=1S/C13H13Cl2N3O2/c1-7-11(16-5-6-19-7)13-17-12(18-20-13)10-8(14)3-2-4-9(10)15/h2-4,7,11,16H,5-6H2,1H3/t7-,11+/m1/s1. The van der Waals surface area contributed by atoms with Crippen LogP contribution in [0.1, 0.15) is 18.9 Å². The molecule has 2 atom stereocenters. The van der Waals surface area contributed by atoms with Crippen molar-refractivity contribution >= 4 is 23.2 Å². The van der Waals surface area contributed by atoms with E-state index in [2.05, 4.69) is 15.5 Å². The molecule has 3 rings (SSSR count). The van der Waals surface area contributed by atoms with E-state index in [-0.39, 0.29) is 12.1 Å². The first kappa shape index (κ1) is 13.8. The first-order valence-corrected chi connectivity index (χ1v) is 7.05. The van der Waals surface area contributed by atoms with Crippen molar-refractivity contribution in [1.82, 2.24) is 15.5 Å². The number of hydrogen-bond donors (Lipinski definition) is 1. The predicted molar refractivity (Wildman–Crippen MR) is 75.9 cm³/mol. The second-order valence-electron chi connectivity index (χ2n) is 4.56. The minimum absolute atomic E-state index is 0.0289. The molecule has 5 nitrogen and oxygen atoms in total. The predicted octanol–water partition coefficient (Wildman–Crippen LogP) is 3.09. The molecule has 1 aliphatic heterocycles. The van der Waals surface area contributed by atoms with Crippen molar-refractivity contribution in [3.8, 4) is 11.4 Å². The second kappa shape index (κ2) is 5.69. The third-order valence-electron chi connectivity index (χ3n) is 3.21. The molecule has 1 aromatic heterocycles. The fraction of sp³-hybridized carbons (Fsp3) is 0.385. The summed E-state index contributed by atoms with van der Waals surface area (Å²) in [5, 5.41) is 8.24. The van der Waals surface area contributed by atoms with Crippen molar-refractivity contribution in [2.45, 2.75) is 19.1 Å². The van der Waals surface area contributed by atoms with Gasteiger partial charge in [-0.15, -0.1) is 0 Å². The Morgan fingerprint density at radius 3 is 2.75 bits per heavy atom. The summed E-state index contributed by atoms with van der Waals surface area (Å²) in [6.07, 6.45) is -0.0289. The van der Waals surface area contributed by atoms with Crippen LogP contribution in [0.5, 0.6) is 0 Å². The molecule has 106 valence electrons. The van der Waals surface area contributed by atoms with E-state index in [9.17, 15) is 0 Å². The van der Waals surface area contributed by atoms with Gasteiger partial charge in [0, 0.05) is 6.54 Å². The first-order valence-electron chi connectivity index (χ1n) is 6.30. The van der Waals surface area contributed by atoms with Crippen LogP contribution in [-0.4, -0.2) is 29.4 Å². The molecular weight excluding hydrogens is 301 g/mol. The number of ether oxygens (including phenoxy) is 1. The maximum Gasteiger partial charge on any atom is 0.246 e. The lowest BCUT2D eigenvalue weighted by atomic mass is 10.1. The largest absolute Gasteiger partial charge is 0.375 e. The molecule has 2 heterocycles. The Morgan fingerprint density at radius 1 is 1.30 bits per heavy atom. The van der Waals surface area contributed by atoms with E-state index in [1.165, 1.54) is 0 Å². The summed E-state index contributed by atoms with van der Waals surface area (Å²) < 4.78 is 10.9. The molecule has 2 aromatic rings. The Kier molecular flexibility index (Phi) is 3.94. The molecule has 0 spiro atoms. The Bertz CT molecular complexity index is 597. The number of nitrogens with zero attached hydrogens (tertiary/aromatic N) is 2. The summed E-state index contributed by atoms with van der Waals surface area (Å²) in [4.78, 5) is 4.39. The molecule has 20 heavy (non-hydrogen) atoms. The summed E-state index contributed by atoms with van der Waals surface area (Å²) >= 11 is 12.3. The topological polar surface area (TPSA) is 60.2 Å². The van der Waals surface area contributed by atoms with Crippen LogP contribution >= 0.6 is 23.2 Å². The molecule has 1 fully saturated rings. The maximum absolute atomic E-state index is 6.14. The molecule has 0 unspecified atom stereocenters. The molecular formula is C13H13Cl2N3O2. The van der Waals surface area contributed by atoms with E-state index in [4.69, 9.17) is 32.5 Å². The van der Waals surface area contributed by atoms with Crippen LogP contribution in [0.2, 0.25) is 10.0 Å². The zero-order valence-electron chi connectivity index (χ0n) is 10.8. The van der Waals surface area contributed by atoms with Gasteiger partial charge < -0.3 is 14.6 Å². The molecule has 1 aliphatic rings. The second-order valence-corrected chi connectivity index (χ2v) is 5.37. The number of benzene rings is 1. The van der Waals surface area contributed by atoms with Gasteiger partial charge in [0.15, 0.2) is 0 Å². The smallest absolute Gasteiger partial charge is 0.246 e. The summed E-state index contributed by atoms with van der Waals surface area (Å²) in [5.74, 6) is 0.860. The quantitative estimate of drug-likeness (QED) is 0.923. The Hall–Kier alpha value is -1.14. The zero-order valence-corrected chi connectivity index (χ0v) is 12.3. The maximum atomic E-state index is 6.14. The lowest BCUT2D eigenvalue weighted by Crippen LogP contribution is -2.40. The number of nitrogens with one attached hydrogen (secondary N) is 1. The molecule has 7 heteroatoms. The van der Waals surface area contributed by atoms with Crippen LogP contribution in [0.15, 0.2) is 22.7 Å². The van der Waals surface area contributed by atoms with E-state index in [1.54, 1.807) is 18.2 Å². The highest BCUT2D eigenvalue weighted by molar-refractivity contribution is 6.38. The van der Waals surface area contributed by atoms with Crippen molar-refractivity contribution in [2.75, 3.05) is 13.2 Å². The lowest BCUT2D eigenvalue weighted by molar-refractivity contribution is -0.00136. The number of hydrogen-bond acceptors (Lipinski definition) is 5. The summed E-state index contributed by atoms with van der Waals surface area (Å²) in [6.45, 7) is 3.39. The van der Waals surface area contributed by atoms with E-state index >= 15 is 0 Å². The van der Waals surface area contributed by atoms with Gasteiger partial charge in [-0.25, -0.2) is 0 Å². The minimum atomic E-state index is -0.119. The highest BCUT2D eigenvalue weighted by atomic mass is 35.5. The zero-order chi connectivity index (χ0) is 14.1. The minimum Gasteiger partial charge on any atom is -0.375 e. The van der Waals surface area contributed by atoms with Crippen molar-refractivity contribution in [1.29, 1.82) is 0 Å². The highest BCUT2D eigenvalue weighted by Gasteiger charge is 2.29. The Balaban J connectivity index is 1.94. The third kappa shape index (κ3) is 2.54. The van der Waals surface area contributed by atoms with Crippen LogP contribution in [0.3, 0.4) is 0 Å². The summed E-state index contributed by atoms with van der Waals surface area (Å²) in [7, 11) is 0.